The van der Waals surface area contributed by atoms with Gasteiger partial charge in [-0.3, -0.25) is 0 Å². The molecule has 0 radical (unpaired) electrons. The zero-order valence-electron chi connectivity index (χ0n) is 8.34. The van der Waals surface area contributed by atoms with Crippen molar-refractivity contribution >= 4 is 23.1 Å². The van der Waals surface area contributed by atoms with Crippen LogP contribution >= 0.6 is 11.6 Å². The summed E-state index contributed by atoms with van der Waals surface area (Å²) in [6, 6.07) is 4.39. The highest BCUT2D eigenvalue weighted by molar-refractivity contribution is 6.28. The maximum atomic E-state index is 13.3. The zero-order valence-corrected chi connectivity index (χ0v) is 9.09. The van der Waals surface area contributed by atoms with Crippen molar-refractivity contribution in [3.8, 4) is 5.75 Å². The van der Waals surface area contributed by atoms with Crippen LogP contribution in [-0.2, 0) is 0 Å². The molecular formula is C10H12ClFN2O. The second kappa shape index (κ2) is 5.56. The lowest BCUT2D eigenvalue weighted by atomic mass is 10.3. The van der Waals surface area contributed by atoms with Crippen molar-refractivity contribution in [1.29, 1.82) is 0 Å². The summed E-state index contributed by atoms with van der Waals surface area (Å²) in [6.45, 7) is 2.21. The summed E-state index contributed by atoms with van der Waals surface area (Å²) >= 11 is 5.45. The molecule has 15 heavy (non-hydrogen) atoms. The van der Waals surface area contributed by atoms with Crippen LogP contribution in [0.15, 0.2) is 23.2 Å². The molecule has 0 aliphatic heterocycles. The Labute approximate surface area is 92.7 Å². The summed E-state index contributed by atoms with van der Waals surface area (Å²) in [7, 11) is 0. The minimum atomic E-state index is -0.458. The second-order valence-electron chi connectivity index (χ2n) is 2.78. The summed E-state index contributed by atoms with van der Waals surface area (Å²) in [5, 5.41) is 0. The number of alkyl halides is 1. The van der Waals surface area contributed by atoms with Gasteiger partial charge in [-0.2, -0.15) is 0 Å². The van der Waals surface area contributed by atoms with E-state index in [1.807, 2.05) is 0 Å². The molecule has 0 bridgehead atoms. The molecule has 0 aliphatic rings. The van der Waals surface area contributed by atoms with Crippen LogP contribution in [0.4, 0.5) is 10.1 Å². The van der Waals surface area contributed by atoms with Gasteiger partial charge in [-0.15, -0.1) is 11.6 Å². The monoisotopic (exact) mass is 230 g/mol. The summed E-state index contributed by atoms with van der Waals surface area (Å²) in [6.07, 6.45) is 0. The van der Waals surface area contributed by atoms with E-state index in [1.54, 1.807) is 13.0 Å². The molecule has 0 spiro atoms. The molecule has 0 atom stereocenters. The van der Waals surface area contributed by atoms with Crippen molar-refractivity contribution in [2.45, 2.75) is 6.92 Å². The summed E-state index contributed by atoms with van der Waals surface area (Å²) in [5.74, 6) is 0.121. The van der Waals surface area contributed by atoms with Crippen LogP contribution in [0.5, 0.6) is 5.75 Å². The molecule has 0 heterocycles. The van der Waals surface area contributed by atoms with Gasteiger partial charge < -0.3 is 10.5 Å². The summed E-state index contributed by atoms with van der Waals surface area (Å²) < 4.78 is 18.4. The average molecular weight is 231 g/mol. The van der Waals surface area contributed by atoms with Gasteiger partial charge in [0, 0.05) is 6.07 Å². The fourth-order valence-electron chi connectivity index (χ4n) is 1.03. The van der Waals surface area contributed by atoms with Gasteiger partial charge in [0.1, 0.15) is 5.84 Å². The predicted molar refractivity (Wildman–Crippen MR) is 59.6 cm³/mol. The van der Waals surface area contributed by atoms with Gasteiger partial charge in [0.15, 0.2) is 11.6 Å². The summed E-state index contributed by atoms with van der Waals surface area (Å²) in [5.41, 5.74) is 5.84. The Balaban J connectivity index is 2.91. The molecule has 3 nitrogen and oxygen atoms in total. The van der Waals surface area contributed by atoms with E-state index in [4.69, 9.17) is 22.1 Å². The van der Waals surface area contributed by atoms with E-state index < -0.39 is 5.82 Å². The third-order valence-electron chi connectivity index (χ3n) is 1.62. The number of ether oxygens (including phenoxy) is 1. The first-order chi connectivity index (χ1) is 7.17. The lowest BCUT2D eigenvalue weighted by Gasteiger charge is -2.04. The Morgan fingerprint density at radius 2 is 2.33 bits per heavy atom. The highest BCUT2D eigenvalue weighted by Crippen LogP contribution is 2.22. The first-order valence-corrected chi connectivity index (χ1v) is 5.02. The zero-order chi connectivity index (χ0) is 11.3. The number of aliphatic imine (C=N–C) groups is 1. The summed E-state index contributed by atoms with van der Waals surface area (Å²) in [4.78, 5) is 3.91. The molecule has 2 N–H and O–H groups in total. The Bertz CT molecular complexity index is 368. The number of rotatable bonds is 4. The number of halogens is 2. The van der Waals surface area contributed by atoms with Crippen molar-refractivity contribution in [2.24, 2.45) is 10.7 Å². The van der Waals surface area contributed by atoms with Crippen molar-refractivity contribution in [1.82, 2.24) is 0 Å². The van der Waals surface area contributed by atoms with Gasteiger partial charge in [-0.25, -0.2) is 9.38 Å². The largest absolute Gasteiger partial charge is 0.491 e. The highest BCUT2D eigenvalue weighted by Gasteiger charge is 2.03. The van der Waals surface area contributed by atoms with Crippen LogP contribution in [0.3, 0.4) is 0 Å². The molecular weight excluding hydrogens is 219 g/mol. The SMILES string of the molecule is CCOc1ccc(N=C(N)CCl)cc1F. The molecule has 0 fully saturated rings. The van der Waals surface area contributed by atoms with E-state index in [9.17, 15) is 4.39 Å². The minimum Gasteiger partial charge on any atom is -0.491 e. The molecule has 5 heteroatoms. The fraction of sp³-hybridized carbons (Fsp3) is 0.300. The smallest absolute Gasteiger partial charge is 0.167 e. The van der Waals surface area contributed by atoms with Gasteiger partial charge in [0.2, 0.25) is 0 Å². The number of hydrogen-bond acceptors (Lipinski definition) is 2. The molecule has 0 unspecified atom stereocenters. The first kappa shape index (κ1) is 11.8. The average Bonchev–Trinajstić information content (AvgIpc) is 2.22. The fourth-order valence-corrected chi connectivity index (χ4v) is 1.09. The van der Waals surface area contributed by atoms with E-state index in [0.29, 0.717) is 12.3 Å². The van der Waals surface area contributed by atoms with Crippen LogP contribution in [0.25, 0.3) is 0 Å². The Kier molecular flexibility index (Phi) is 4.37. The van der Waals surface area contributed by atoms with Gasteiger partial charge >= 0.3 is 0 Å². The highest BCUT2D eigenvalue weighted by atomic mass is 35.5. The predicted octanol–water partition coefficient (Wildman–Crippen LogP) is 2.45. The van der Waals surface area contributed by atoms with Crippen molar-refractivity contribution in [2.75, 3.05) is 12.5 Å². The van der Waals surface area contributed by atoms with Gasteiger partial charge in [0.05, 0.1) is 18.2 Å². The van der Waals surface area contributed by atoms with Crippen LogP contribution < -0.4 is 10.5 Å². The van der Waals surface area contributed by atoms with Crippen LogP contribution in [0.2, 0.25) is 0 Å². The molecule has 0 aliphatic carbocycles. The number of nitrogens with two attached hydrogens (primary N) is 1. The maximum Gasteiger partial charge on any atom is 0.167 e. The maximum absolute atomic E-state index is 13.3. The Morgan fingerprint density at radius 1 is 1.60 bits per heavy atom. The van der Waals surface area contributed by atoms with Crippen LogP contribution in [0, 0.1) is 5.82 Å². The topological polar surface area (TPSA) is 47.6 Å². The lowest BCUT2D eigenvalue weighted by Crippen LogP contribution is -2.12. The van der Waals surface area contributed by atoms with Crippen molar-refractivity contribution in [3.05, 3.63) is 24.0 Å². The molecule has 1 rings (SSSR count). The third kappa shape index (κ3) is 3.40. The molecule has 1 aromatic rings. The standard InChI is InChI=1S/C10H12ClFN2O/c1-2-15-9-4-3-7(5-8(9)12)14-10(13)6-11/h3-5H,2,6H2,1H3,(H2,13,14). The van der Waals surface area contributed by atoms with Crippen molar-refractivity contribution in [3.63, 3.8) is 0 Å². The quantitative estimate of drug-likeness (QED) is 0.491. The molecule has 1 aromatic carbocycles. The minimum absolute atomic E-state index is 0.120. The molecule has 0 aromatic heterocycles. The van der Waals surface area contributed by atoms with Gasteiger partial charge in [-0.1, -0.05) is 0 Å². The second-order valence-corrected chi connectivity index (χ2v) is 3.05. The normalized spacial score (nSPS) is 11.5. The molecule has 0 amide bonds. The van der Waals surface area contributed by atoms with E-state index in [1.165, 1.54) is 12.1 Å². The Morgan fingerprint density at radius 3 is 2.87 bits per heavy atom. The first-order valence-electron chi connectivity index (χ1n) is 4.48. The molecule has 82 valence electrons. The van der Waals surface area contributed by atoms with Crippen LogP contribution in [-0.4, -0.2) is 18.3 Å². The molecule has 0 saturated heterocycles. The van der Waals surface area contributed by atoms with E-state index in [0.717, 1.165) is 0 Å². The van der Waals surface area contributed by atoms with E-state index in [-0.39, 0.29) is 17.5 Å². The number of hydrogen-bond donors (Lipinski definition) is 1. The number of nitrogens with zero attached hydrogens (tertiary/aromatic N) is 1. The number of amidine groups is 1. The lowest BCUT2D eigenvalue weighted by molar-refractivity contribution is 0.321. The van der Waals surface area contributed by atoms with Crippen molar-refractivity contribution < 1.29 is 9.13 Å². The van der Waals surface area contributed by atoms with Crippen LogP contribution in [0.1, 0.15) is 6.92 Å². The Hall–Kier alpha value is -1.29. The van der Waals surface area contributed by atoms with E-state index in [2.05, 4.69) is 4.99 Å². The number of benzene rings is 1. The molecule has 0 saturated carbocycles. The van der Waals surface area contributed by atoms with E-state index >= 15 is 0 Å². The van der Waals surface area contributed by atoms with Gasteiger partial charge in [0.25, 0.3) is 0 Å². The van der Waals surface area contributed by atoms with Gasteiger partial charge in [-0.05, 0) is 19.1 Å². The third-order valence-corrected chi connectivity index (χ3v) is 1.90.